The number of nitrogens with one attached hydrogen (secondary N) is 2. The molecule has 4 aromatic rings. The molecule has 0 radical (unpaired) electrons. The maximum absolute atomic E-state index is 11.0. The number of ether oxygens (including phenoxy) is 1. The third-order valence-electron chi connectivity index (χ3n) is 5.34. The first-order valence-corrected chi connectivity index (χ1v) is 11.0. The van der Waals surface area contributed by atoms with Gasteiger partial charge < -0.3 is 14.7 Å². The van der Waals surface area contributed by atoms with E-state index in [1.807, 2.05) is 30.5 Å². The van der Waals surface area contributed by atoms with E-state index in [2.05, 4.69) is 24.9 Å². The lowest BCUT2D eigenvalue weighted by Crippen LogP contribution is -2.20. The number of aromatic amines is 2. The van der Waals surface area contributed by atoms with E-state index in [4.69, 9.17) is 14.1 Å². The molecule has 1 aromatic carbocycles. The molecule has 0 spiro atoms. The first-order chi connectivity index (χ1) is 14.5. The number of para-hydroxylation sites is 1. The van der Waals surface area contributed by atoms with Gasteiger partial charge in [0.2, 0.25) is 5.88 Å². The predicted octanol–water partition coefficient (Wildman–Crippen LogP) is 2.27. The molecular formula is C19H20N6O4S. The molecular weight excluding hydrogens is 408 g/mol. The molecule has 10 nitrogen and oxygen atoms in total. The van der Waals surface area contributed by atoms with E-state index in [1.165, 1.54) is 6.33 Å². The van der Waals surface area contributed by atoms with Gasteiger partial charge in [-0.1, -0.05) is 18.2 Å². The van der Waals surface area contributed by atoms with Crippen molar-refractivity contribution in [2.75, 3.05) is 6.61 Å². The molecule has 0 bridgehead atoms. The van der Waals surface area contributed by atoms with E-state index in [1.54, 1.807) is 0 Å². The molecule has 0 saturated heterocycles. The molecule has 0 amide bonds. The summed E-state index contributed by atoms with van der Waals surface area (Å²) in [7, 11) is -3.93. The second-order valence-corrected chi connectivity index (χ2v) is 8.63. The molecule has 156 valence electrons. The van der Waals surface area contributed by atoms with Crippen molar-refractivity contribution in [1.29, 1.82) is 0 Å². The van der Waals surface area contributed by atoms with Gasteiger partial charge in [-0.3, -0.25) is 4.18 Å². The molecule has 3 heterocycles. The number of rotatable bonds is 6. The summed E-state index contributed by atoms with van der Waals surface area (Å²) in [4.78, 5) is 19.7. The topological polar surface area (TPSA) is 149 Å². The van der Waals surface area contributed by atoms with Gasteiger partial charge in [-0.2, -0.15) is 13.4 Å². The monoisotopic (exact) mass is 428 g/mol. The summed E-state index contributed by atoms with van der Waals surface area (Å²) in [6.45, 7) is 0.0622. The van der Waals surface area contributed by atoms with Gasteiger partial charge >= 0.3 is 10.3 Å². The highest BCUT2D eigenvalue weighted by Crippen LogP contribution is 2.33. The first kappa shape index (κ1) is 19.0. The van der Waals surface area contributed by atoms with Crippen LogP contribution in [-0.2, 0) is 14.5 Å². The Morgan fingerprint density at radius 2 is 2.07 bits per heavy atom. The van der Waals surface area contributed by atoms with Crippen molar-refractivity contribution in [3.05, 3.63) is 36.8 Å². The third-order valence-corrected chi connectivity index (χ3v) is 5.80. The van der Waals surface area contributed by atoms with Crippen LogP contribution in [0.4, 0.5) is 0 Å². The maximum atomic E-state index is 11.0. The Morgan fingerprint density at radius 3 is 2.93 bits per heavy atom. The fourth-order valence-corrected chi connectivity index (χ4v) is 4.31. The Morgan fingerprint density at radius 1 is 1.20 bits per heavy atom. The van der Waals surface area contributed by atoms with Crippen molar-refractivity contribution in [3.8, 4) is 17.3 Å². The highest BCUT2D eigenvalue weighted by atomic mass is 32.2. The van der Waals surface area contributed by atoms with Crippen molar-refractivity contribution < 1.29 is 17.3 Å². The normalized spacial score (nSPS) is 19.6. The van der Waals surface area contributed by atoms with Crippen molar-refractivity contribution in [2.24, 2.45) is 11.1 Å². The average molecular weight is 428 g/mol. The predicted molar refractivity (Wildman–Crippen MR) is 110 cm³/mol. The summed E-state index contributed by atoms with van der Waals surface area (Å²) in [6.07, 6.45) is 5.45. The van der Waals surface area contributed by atoms with Gasteiger partial charge in [0.05, 0.1) is 6.61 Å². The van der Waals surface area contributed by atoms with Crippen LogP contribution in [0.1, 0.15) is 19.3 Å². The third kappa shape index (κ3) is 3.74. The molecule has 4 N–H and O–H groups in total. The average Bonchev–Trinajstić information content (AvgIpc) is 3.43. The van der Waals surface area contributed by atoms with Crippen LogP contribution in [0.5, 0.6) is 5.88 Å². The van der Waals surface area contributed by atoms with E-state index in [-0.39, 0.29) is 18.6 Å². The fourth-order valence-electron chi connectivity index (χ4n) is 3.93. The molecule has 1 aliphatic carbocycles. The number of nitrogens with zero attached hydrogens (tertiary/aromatic N) is 3. The lowest BCUT2D eigenvalue weighted by molar-refractivity contribution is 0.186. The molecule has 3 aromatic heterocycles. The van der Waals surface area contributed by atoms with Crippen molar-refractivity contribution >= 4 is 32.4 Å². The molecule has 1 saturated carbocycles. The van der Waals surface area contributed by atoms with Gasteiger partial charge in [-0.15, -0.1) is 0 Å². The van der Waals surface area contributed by atoms with E-state index in [0.717, 1.165) is 29.3 Å². The van der Waals surface area contributed by atoms with Gasteiger partial charge in [0.1, 0.15) is 23.8 Å². The van der Waals surface area contributed by atoms with Gasteiger partial charge in [0, 0.05) is 22.7 Å². The van der Waals surface area contributed by atoms with Crippen molar-refractivity contribution in [2.45, 2.75) is 25.4 Å². The van der Waals surface area contributed by atoms with Gasteiger partial charge in [-0.05, 0) is 31.2 Å². The summed E-state index contributed by atoms with van der Waals surface area (Å²) in [6, 6.07) is 7.99. The van der Waals surface area contributed by atoms with Crippen LogP contribution >= 0.6 is 0 Å². The lowest BCUT2D eigenvalue weighted by Gasteiger charge is -2.13. The minimum Gasteiger partial charge on any atom is -0.473 e. The summed E-state index contributed by atoms with van der Waals surface area (Å²) in [5, 5.41) is 5.96. The largest absolute Gasteiger partial charge is 0.473 e. The number of hydrogen-bond donors (Lipinski definition) is 3. The number of H-pyrrole nitrogens is 2. The molecule has 30 heavy (non-hydrogen) atoms. The minimum absolute atomic E-state index is 0.0622. The summed E-state index contributed by atoms with van der Waals surface area (Å²) < 4.78 is 32.8. The number of benzene rings is 1. The SMILES string of the molecule is NS(=O)(=O)OC[C@H]1CC[C@H](Oc2ncnc3nc(-c4c[nH]c5ccccc45)[nH]c23)C1. The van der Waals surface area contributed by atoms with E-state index >= 15 is 0 Å². The highest BCUT2D eigenvalue weighted by Gasteiger charge is 2.28. The van der Waals surface area contributed by atoms with Gasteiger partial charge in [-0.25, -0.2) is 15.1 Å². The van der Waals surface area contributed by atoms with Crippen LogP contribution in [-0.4, -0.2) is 46.0 Å². The number of aromatic nitrogens is 5. The summed E-state index contributed by atoms with van der Waals surface area (Å²) >= 11 is 0. The van der Waals surface area contributed by atoms with Crippen molar-refractivity contribution in [3.63, 3.8) is 0 Å². The molecule has 2 atom stereocenters. The number of fused-ring (bicyclic) bond motifs is 2. The van der Waals surface area contributed by atoms with Crippen LogP contribution < -0.4 is 9.88 Å². The number of nitrogens with two attached hydrogens (primary N) is 1. The van der Waals surface area contributed by atoms with Gasteiger partial charge in [0.25, 0.3) is 0 Å². The smallest absolute Gasteiger partial charge is 0.333 e. The summed E-state index contributed by atoms with van der Waals surface area (Å²) in [5.74, 6) is 1.17. The minimum atomic E-state index is -3.93. The zero-order valence-corrected chi connectivity index (χ0v) is 16.7. The number of imidazole rings is 1. The van der Waals surface area contributed by atoms with Crippen molar-refractivity contribution in [1.82, 2.24) is 24.9 Å². The molecule has 0 aliphatic heterocycles. The van der Waals surface area contributed by atoms with Gasteiger partial charge in [0.15, 0.2) is 5.65 Å². The van der Waals surface area contributed by atoms with Crippen LogP contribution in [0.15, 0.2) is 36.8 Å². The second-order valence-electron chi connectivity index (χ2n) is 7.41. The molecule has 5 rings (SSSR count). The zero-order valence-electron chi connectivity index (χ0n) is 15.9. The van der Waals surface area contributed by atoms with E-state index < -0.39 is 10.3 Å². The maximum Gasteiger partial charge on any atom is 0.333 e. The second kappa shape index (κ2) is 7.35. The standard InChI is InChI=1S/C19H20N6O4S/c20-30(26,27)28-9-11-5-6-12(7-11)29-19-16-18(22-10-23-19)25-17(24-16)14-8-21-15-4-2-1-3-13(14)15/h1-4,8,10-12,21H,5-7,9H2,(H2,20,26,27)(H,22,23,24,25)/t11-,12-/m0/s1. The zero-order chi connectivity index (χ0) is 20.7. The Bertz CT molecular complexity index is 1320. The first-order valence-electron chi connectivity index (χ1n) is 9.57. The lowest BCUT2D eigenvalue weighted by atomic mass is 10.1. The van der Waals surface area contributed by atoms with Crippen LogP contribution in [0, 0.1) is 5.92 Å². The molecule has 0 unspecified atom stereocenters. The van der Waals surface area contributed by atoms with E-state index in [9.17, 15) is 8.42 Å². The number of hydrogen-bond acceptors (Lipinski definition) is 7. The molecule has 1 fully saturated rings. The Labute approximate surface area is 172 Å². The Kier molecular flexibility index (Phi) is 4.65. The highest BCUT2D eigenvalue weighted by molar-refractivity contribution is 7.84. The Balaban J connectivity index is 1.37. The fraction of sp³-hybridized carbons (Fsp3) is 0.316. The summed E-state index contributed by atoms with van der Waals surface area (Å²) in [5.41, 5.74) is 3.11. The Hall–Kier alpha value is -3.02. The van der Waals surface area contributed by atoms with Crippen LogP contribution in [0.25, 0.3) is 33.5 Å². The molecule has 1 aliphatic rings. The van der Waals surface area contributed by atoms with E-state index in [0.29, 0.717) is 29.3 Å². The molecule has 11 heteroatoms. The van der Waals surface area contributed by atoms with Crippen LogP contribution in [0.3, 0.4) is 0 Å². The quantitative estimate of drug-likeness (QED) is 0.426. The van der Waals surface area contributed by atoms with Crippen LogP contribution in [0.2, 0.25) is 0 Å².